The lowest BCUT2D eigenvalue weighted by atomic mass is 10.1. The molecule has 0 fully saturated rings. The molecular weight excluding hydrogens is 240 g/mol. The molecule has 1 aromatic rings. The minimum absolute atomic E-state index is 0.0604. The van der Waals surface area contributed by atoms with Crippen LogP contribution in [0, 0.1) is 0 Å². The van der Waals surface area contributed by atoms with Gasteiger partial charge >= 0.3 is 0 Å². The zero-order valence-electron chi connectivity index (χ0n) is 11.7. The van der Waals surface area contributed by atoms with Gasteiger partial charge < -0.3 is 15.0 Å². The van der Waals surface area contributed by atoms with Crippen LogP contribution in [0.4, 0.5) is 11.4 Å². The van der Waals surface area contributed by atoms with Gasteiger partial charge in [-0.05, 0) is 44.0 Å². The van der Waals surface area contributed by atoms with Crippen molar-refractivity contribution >= 4 is 17.3 Å². The Balaban J connectivity index is 2.06. The molecule has 0 bridgehead atoms. The highest BCUT2D eigenvalue weighted by Gasteiger charge is 2.17. The Labute approximate surface area is 114 Å². The zero-order valence-corrected chi connectivity index (χ0v) is 11.7. The summed E-state index contributed by atoms with van der Waals surface area (Å²) in [5, 5.41) is 2.91. The number of nitrogens with one attached hydrogen (secondary N) is 1. The minimum Gasteiger partial charge on any atom is -0.498 e. The largest absolute Gasteiger partial charge is 0.498 e. The quantitative estimate of drug-likeness (QED) is 0.908. The molecule has 4 nitrogen and oxygen atoms in total. The van der Waals surface area contributed by atoms with Crippen LogP contribution in [0.5, 0.6) is 0 Å². The lowest BCUT2D eigenvalue weighted by Crippen LogP contribution is -2.19. The number of anilines is 2. The molecule has 0 saturated carbocycles. The van der Waals surface area contributed by atoms with Crippen LogP contribution in [0.15, 0.2) is 35.6 Å². The van der Waals surface area contributed by atoms with E-state index in [2.05, 4.69) is 5.32 Å². The van der Waals surface area contributed by atoms with Crippen LogP contribution >= 0.6 is 0 Å². The van der Waals surface area contributed by atoms with Gasteiger partial charge in [0.15, 0.2) is 0 Å². The van der Waals surface area contributed by atoms with Crippen molar-refractivity contribution in [3.05, 3.63) is 35.6 Å². The second kappa shape index (κ2) is 5.78. The first-order valence-corrected chi connectivity index (χ1v) is 6.49. The third-order valence-electron chi connectivity index (χ3n) is 3.23. The van der Waals surface area contributed by atoms with E-state index >= 15 is 0 Å². The van der Waals surface area contributed by atoms with E-state index in [1.807, 2.05) is 50.2 Å². The molecule has 0 atom stereocenters. The molecule has 0 spiro atoms. The molecular formula is C15H20N2O2. The monoisotopic (exact) mass is 260 g/mol. The van der Waals surface area contributed by atoms with Gasteiger partial charge in [-0.25, -0.2) is 0 Å². The van der Waals surface area contributed by atoms with E-state index in [-0.39, 0.29) is 5.91 Å². The lowest BCUT2D eigenvalue weighted by Gasteiger charge is -2.18. The average Bonchev–Trinajstić information content (AvgIpc) is 2.39. The number of nitrogens with zero attached hydrogens (tertiary/aromatic N) is 1. The molecule has 1 N–H and O–H groups in total. The predicted molar refractivity (Wildman–Crippen MR) is 77.3 cm³/mol. The Morgan fingerprint density at radius 1 is 1.26 bits per heavy atom. The van der Waals surface area contributed by atoms with E-state index in [0.29, 0.717) is 6.61 Å². The van der Waals surface area contributed by atoms with E-state index in [4.69, 9.17) is 4.74 Å². The van der Waals surface area contributed by atoms with E-state index in [1.54, 1.807) is 0 Å². The molecule has 0 aliphatic carbocycles. The van der Waals surface area contributed by atoms with E-state index in [9.17, 15) is 4.79 Å². The number of rotatable bonds is 3. The molecule has 2 rings (SSSR count). The molecule has 0 saturated heterocycles. The van der Waals surface area contributed by atoms with Crippen LogP contribution in [-0.2, 0) is 9.53 Å². The molecule has 1 amide bonds. The van der Waals surface area contributed by atoms with Gasteiger partial charge in [0.2, 0.25) is 0 Å². The number of carbonyl (C=O) groups is 1. The maximum absolute atomic E-state index is 12.1. The van der Waals surface area contributed by atoms with Gasteiger partial charge in [-0.2, -0.15) is 0 Å². The van der Waals surface area contributed by atoms with Crippen molar-refractivity contribution in [3.63, 3.8) is 0 Å². The standard InChI is InChI=1S/C15H20N2O2/c1-11-14(5-4-10-19-11)15(18)16-12-6-8-13(9-7-12)17(2)3/h6-9H,4-5,10H2,1-3H3,(H,16,18). The highest BCUT2D eigenvalue weighted by atomic mass is 16.5. The molecule has 1 aliphatic rings. The second-order valence-corrected chi connectivity index (χ2v) is 4.88. The highest BCUT2D eigenvalue weighted by molar-refractivity contribution is 6.04. The third-order valence-corrected chi connectivity index (χ3v) is 3.23. The van der Waals surface area contributed by atoms with E-state index in [1.165, 1.54) is 0 Å². The van der Waals surface area contributed by atoms with Crippen LogP contribution in [0.3, 0.4) is 0 Å². The van der Waals surface area contributed by atoms with Gasteiger partial charge in [-0.3, -0.25) is 4.79 Å². The Hall–Kier alpha value is -1.97. The van der Waals surface area contributed by atoms with Crippen molar-refractivity contribution in [2.45, 2.75) is 19.8 Å². The Bertz CT molecular complexity index is 489. The molecule has 19 heavy (non-hydrogen) atoms. The van der Waals surface area contributed by atoms with Gasteiger partial charge in [0.05, 0.1) is 12.2 Å². The number of hydrogen-bond acceptors (Lipinski definition) is 3. The van der Waals surface area contributed by atoms with Crippen LogP contribution in [0.1, 0.15) is 19.8 Å². The summed E-state index contributed by atoms with van der Waals surface area (Å²) < 4.78 is 5.41. The molecule has 0 unspecified atom stereocenters. The number of hydrogen-bond donors (Lipinski definition) is 1. The van der Waals surface area contributed by atoms with Gasteiger partial charge in [-0.1, -0.05) is 0 Å². The summed E-state index contributed by atoms with van der Waals surface area (Å²) in [7, 11) is 3.97. The van der Waals surface area contributed by atoms with Gasteiger partial charge in [-0.15, -0.1) is 0 Å². The number of benzene rings is 1. The Morgan fingerprint density at radius 3 is 2.53 bits per heavy atom. The second-order valence-electron chi connectivity index (χ2n) is 4.88. The minimum atomic E-state index is -0.0604. The summed E-state index contributed by atoms with van der Waals surface area (Å²) in [6.07, 6.45) is 1.69. The SMILES string of the molecule is CC1=C(C(=O)Nc2ccc(N(C)C)cc2)CCCO1. The number of amides is 1. The Morgan fingerprint density at radius 2 is 1.95 bits per heavy atom. The van der Waals surface area contributed by atoms with Gasteiger partial charge in [0, 0.05) is 25.5 Å². The summed E-state index contributed by atoms with van der Waals surface area (Å²) in [5.74, 6) is 0.684. The first-order chi connectivity index (χ1) is 9.08. The molecule has 0 aromatic heterocycles. The summed E-state index contributed by atoms with van der Waals surface area (Å²) in [4.78, 5) is 14.2. The van der Waals surface area contributed by atoms with Crippen LogP contribution in [-0.4, -0.2) is 26.6 Å². The van der Waals surface area contributed by atoms with Crippen LogP contribution in [0.2, 0.25) is 0 Å². The smallest absolute Gasteiger partial charge is 0.254 e. The van der Waals surface area contributed by atoms with Crippen LogP contribution in [0.25, 0.3) is 0 Å². The maximum Gasteiger partial charge on any atom is 0.254 e. The van der Waals surface area contributed by atoms with Gasteiger partial charge in [0.1, 0.15) is 5.76 Å². The van der Waals surface area contributed by atoms with Crippen molar-refractivity contribution in [2.75, 3.05) is 30.9 Å². The highest BCUT2D eigenvalue weighted by Crippen LogP contribution is 2.21. The maximum atomic E-state index is 12.1. The van der Waals surface area contributed by atoms with Gasteiger partial charge in [0.25, 0.3) is 5.91 Å². The number of ether oxygens (including phenoxy) is 1. The molecule has 1 aliphatic heterocycles. The number of allylic oxidation sites excluding steroid dienone is 1. The molecule has 0 radical (unpaired) electrons. The fraction of sp³-hybridized carbons (Fsp3) is 0.400. The normalized spacial score (nSPS) is 14.9. The fourth-order valence-electron chi connectivity index (χ4n) is 2.06. The molecule has 102 valence electrons. The van der Waals surface area contributed by atoms with Crippen molar-refractivity contribution in [2.24, 2.45) is 0 Å². The molecule has 4 heteroatoms. The summed E-state index contributed by atoms with van der Waals surface area (Å²) in [5.41, 5.74) is 2.67. The first-order valence-electron chi connectivity index (χ1n) is 6.49. The van der Waals surface area contributed by atoms with E-state index < -0.39 is 0 Å². The average molecular weight is 260 g/mol. The molecule has 1 aromatic carbocycles. The summed E-state index contributed by atoms with van der Waals surface area (Å²) in [6.45, 7) is 2.56. The topological polar surface area (TPSA) is 41.6 Å². The summed E-state index contributed by atoms with van der Waals surface area (Å²) >= 11 is 0. The number of carbonyl (C=O) groups excluding carboxylic acids is 1. The first kappa shape index (κ1) is 13.5. The molecule has 1 heterocycles. The van der Waals surface area contributed by atoms with Crippen molar-refractivity contribution in [1.29, 1.82) is 0 Å². The summed E-state index contributed by atoms with van der Waals surface area (Å²) in [6, 6.07) is 7.78. The van der Waals surface area contributed by atoms with E-state index in [0.717, 1.165) is 35.5 Å². The lowest BCUT2D eigenvalue weighted by molar-refractivity contribution is -0.113. The third kappa shape index (κ3) is 3.28. The van der Waals surface area contributed by atoms with Crippen molar-refractivity contribution < 1.29 is 9.53 Å². The Kier molecular flexibility index (Phi) is 4.10. The van der Waals surface area contributed by atoms with Crippen molar-refractivity contribution in [3.8, 4) is 0 Å². The zero-order chi connectivity index (χ0) is 13.8. The van der Waals surface area contributed by atoms with Crippen LogP contribution < -0.4 is 10.2 Å². The predicted octanol–water partition coefficient (Wildman–Crippen LogP) is 2.78. The fourth-order valence-corrected chi connectivity index (χ4v) is 2.06. The van der Waals surface area contributed by atoms with Crippen molar-refractivity contribution in [1.82, 2.24) is 0 Å².